The van der Waals surface area contributed by atoms with E-state index in [2.05, 4.69) is 19.2 Å². The Morgan fingerprint density at radius 1 is 1.37 bits per heavy atom. The van der Waals surface area contributed by atoms with E-state index in [0.29, 0.717) is 11.7 Å². The third kappa shape index (κ3) is 2.88. The lowest BCUT2D eigenvalue weighted by molar-refractivity contribution is -0.384. The van der Waals surface area contributed by atoms with Crippen LogP contribution in [0.1, 0.15) is 45.1 Å². The molecule has 1 aliphatic rings. The maximum atomic E-state index is 11.1. The van der Waals surface area contributed by atoms with Gasteiger partial charge < -0.3 is 5.32 Å². The van der Waals surface area contributed by atoms with Crippen LogP contribution in [-0.4, -0.2) is 11.0 Å². The molecule has 0 heterocycles. The molecule has 0 spiro atoms. The summed E-state index contributed by atoms with van der Waals surface area (Å²) in [4.78, 5) is 10.8. The number of nitrogens with one attached hydrogen (secondary N) is 1. The van der Waals surface area contributed by atoms with Crippen LogP contribution in [0.5, 0.6) is 0 Å². The highest BCUT2D eigenvalue weighted by Crippen LogP contribution is 2.39. The van der Waals surface area contributed by atoms with Gasteiger partial charge in [-0.3, -0.25) is 10.1 Å². The highest BCUT2D eigenvalue weighted by atomic mass is 16.6. The average molecular weight is 262 g/mol. The molecule has 0 amide bonds. The molecule has 19 heavy (non-hydrogen) atoms. The molecular formula is C15H22N2O2. The summed E-state index contributed by atoms with van der Waals surface area (Å²) in [6.07, 6.45) is 4.70. The van der Waals surface area contributed by atoms with Crippen molar-refractivity contribution in [3.8, 4) is 0 Å². The molecule has 104 valence electrons. The smallest absolute Gasteiger partial charge is 0.292 e. The lowest BCUT2D eigenvalue weighted by Crippen LogP contribution is -2.39. The molecule has 1 atom stereocenters. The van der Waals surface area contributed by atoms with E-state index < -0.39 is 0 Å². The van der Waals surface area contributed by atoms with Gasteiger partial charge in [0.15, 0.2) is 0 Å². The first-order valence-corrected chi connectivity index (χ1v) is 6.92. The molecule has 1 saturated carbocycles. The van der Waals surface area contributed by atoms with Crippen LogP contribution in [-0.2, 0) is 0 Å². The highest BCUT2D eigenvalue weighted by molar-refractivity contribution is 5.66. The largest absolute Gasteiger partial charge is 0.376 e. The van der Waals surface area contributed by atoms with Gasteiger partial charge in [-0.1, -0.05) is 38.8 Å². The van der Waals surface area contributed by atoms with Crippen molar-refractivity contribution in [2.75, 3.05) is 5.32 Å². The Bertz CT molecular complexity index is 483. The van der Waals surface area contributed by atoms with Crippen molar-refractivity contribution in [1.82, 2.24) is 0 Å². The first-order chi connectivity index (χ1) is 8.92. The standard InChI is InChI=1S/C15H22N2O2/c1-11-7-6-8-12(17(18)19)14(11)16-13-9-4-5-10-15(13,2)3/h6-8,13,16H,4-5,9-10H2,1-3H3. The predicted molar refractivity (Wildman–Crippen MR) is 77.5 cm³/mol. The Morgan fingerprint density at radius 3 is 2.74 bits per heavy atom. The Morgan fingerprint density at radius 2 is 2.11 bits per heavy atom. The summed E-state index contributed by atoms with van der Waals surface area (Å²) in [5.41, 5.74) is 2.00. The predicted octanol–water partition coefficient (Wildman–Crippen LogP) is 4.28. The van der Waals surface area contributed by atoms with Gasteiger partial charge in [-0.25, -0.2) is 0 Å². The van der Waals surface area contributed by atoms with Crippen molar-refractivity contribution in [2.45, 2.75) is 52.5 Å². The maximum Gasteiger partial charge on any atom is 0.292 e. The van der Waals surface area contributed by atoms with E-state index in [1.165, 1.54) is 19.3 Å². The molecule has 0 radical (unpaired) electrons. The molecule has 0 aliphatic heterocycles. The fourth-order valence-electron chi connectivity index (χ4n) is 2.93. The van der Waals surface area contributed by atoms with Crippen LogP contribution in [0.15, 0.2) is 18.2 Å². The van der Waals surface area contributed by atoms with Crippen molar-refractivity contribution in [1.29, 1.82) is 0 Å². The number of nitrogens with zero attached hydrogens (tertiary/aromatic N) is 1. The number of rotatable bonds is 3. The molecule has 1 fully saturated rings. The molecule has 1 aliphatic carbocycles. The first-order valence-electron chi connectivity index (χ1n) is 6.92. The van der Waals surface area contributed by atoms with Crippen LogP contribution in [0.25, 0.3) is 0 Å². The molecule has 0 saturated heterocycles. The highest BCUT2D eigenvalue weighted by Gasteiger charge is 2.33. The number of aryl methyl sites for hydroxylation is 1. The fraction of sp³-hybridized carbons (Fsp3) is 0.600. The van der Waals surface area contributed by atoms with E-state index in [9.17, 15) is 10.1 Å². The van der Waals surface area contributed by atoms with E-state index in [-0.39, 0.29) is 16.0 Å². The van der Waals surface area contributed by atoms with Gasteiger partial charge in [0.05, 0.1) is 4.92 Å². The summed E-state index contributed by atoms with van der Waals surface area (Å²) in [5, 5.41) is 14.6. The molecule has 4 nitrogen and oxygen atoms in total. The summed E-state index contributed by atoms with van der Waals surface area (Å²) in [6, 6.07) is 5.54. The second-order valence-electron chi connectivity index (χ2n) is 6.16. The van der Waals surface area contributed by atoms with Crippen LogP contribution in [0.3, 0.4) is 0 Å². The zero-order valence-corrected chi connectivity index (χ0v) is 11.9. The molecule has 0 bridgehead atoms. The van der Waals surface area contributed by atoms with Gasteiger partial charge in [0.2, 0.25) is 0 Å². The normalized spacial score (nSPS) is 21.9. The molecule has 4 heteroatoms. The van der Waals surface area contributed by atoms with Crippen molar-refractivity contribution in [3.63, 3.8) is 0 Å². The number of nitro groups is 1. The Labute approximate surface area is 114 Å². The molecule has 1 N–H and O–H groups in total. The first kappa shape index (κ1) is 13.8. The lowest BCUT2D eigenvalue weighted by Gasteiger charge is -2.39. The quantitative estimate of drug-likeness (QED) is 0.653. The molecule has 1 aromatic rings. The number of hydrogen-bond donors (Lipinski definition) is 1. The minimum Gasteiger partial charge on any atom is -0.376 e. The average Bonchev–Trinajstić information content (AvgIpc) is 2.33. The Balaban J connectivity index is 2.30. The van der Waals surface area contributed by atoms with E-state index in [4.69, 9.17) is 0 Å². The number of anilines is 1. The summed E-state index contributed by atoms with van der Waals surface area (Å²) >= 11 is 0. The van der Waals surface area contributed by atoms with E-state index >= 15 is 0 Å². The van der Waals surface area contributed by atoms with Gasteiger partial charge in [0.25, 0.3) is 5.69 Å². The number of benzene rings is 1. The van der Waals surface area contributed by atoms with E-state index in [0.717, 1.165) is 12.0 Å². The summed E-state index contributed by atoms with van der Waals surface area (Å²) in [7, 11) is 0. The zero-order chi connectivity index (χ0) is 14.0. The zero-order valence-electron chi connectivity index (χ0n) is 11.9. The maximum absolute atomic E-state index is 11.1. The second kappa shape index (κ2) is 5.19. The topological polar surface area (TPSA) is 55.2 Å². The van der Waals surface area contributed by atoms with Gasteiger partial charge in [-0.15, -0.1) is 0 Å². The fourth-order valence-corrected chi connectivity index (χ4v) is 2.93. The van der Waals surface area contributed by atoms with Gasteiger partial charge in [-0.2, -0.15) is 0 Å². The molecule has 0 aromatic heterocycles. The van der Waals surface area contributed by atoms with Gasteiger partial charge >= 0.3 is 0 Å². The van der Waals surface area contributed by atoms with Crippen LogP contribution in [0, 0.1) is 22.5 Å². The van der Waals surface area contributed by atoms with E-state index in [1.807, 2.05) is 13.0 Å². The van der Waals surface area contributed by atoms with Gasteiger partial charge in [-0.05, 0) is 30.7 Å². The summed E-state index contributed by atoms with van der Waals surface area (Å²) in [6.45, 7) is 6.41. The van der Waals surface area contributed by atoms with Gasteiger partial charge in [0, 0.05) is 12.1 Å². The number of hydrogen-bond acceptors (Lipinski definition) is 3. The number of para-hydroxylation sites is 1. The Hall–Kier alpha value is -1.58. The third-order valence-corrected chi connectivity index (χ3v) is 4.27. The van der Waals surface area contributed by atoms with Crippen LogP contribution >= 0.6 is 0 Å². The minimum absolute atomic E-state index is 0.182. The molecule has 1 aromatic carbocycles. The van der Waals surface area contributed by atoms with Gasteiger partial charge in [0.1, 0.15) is 5.69 Å². The van der Waals surface area contributed by atoms with Crippen LogP contribution < -0.4 is 5.32 Å². The minimum atomic E-state index is -0.300. The molecule has 2 rings (SSSR count). The van der Waals surface area contributed by atoms with Crippen molar-refractivity contribution >= 4 is 11.4 Å². The number of nitro benzene ring substituents is 1. The summed E-state index contributed by atoms with van der Waals surface area (Å²) < 4.78 is 0. The lowest BCUT2D eigenvalue weighted by atomic mass is 9.73. The van der Waals surface area contributed by atoms with Crippen molar-refractivity contribution in [3.05, 3.63) is 33.9 Å². The van der Waals surface area contributed by atoms with E-state index in [1.54, 1.807) is 12.1 Å². The third-order valence-electron chi connectivity index (χ3n) is 4.27. The van der Waals surface area contributed by atoms with Crippen molar-refractivity contribution < 1.29 is 4.92 Å². The summed E-state index contributed by atoms with van der Waals surface area (Å²) in [5.74, 6) is 0. The monoisotopic (exact) mass is 262 g/mol. The van der Waals surface area contributed by atoms with Crippen molar-refractivity contribution in [2.24, 2.45) is 5.41 Å². The second-order valence-corrected chi connectivity index (χ2v) is 6.16. The SMILES string of the molecule is Cc1cccc([N+](=O)[O-])c1NC1CCCCC1(C)C. The Kier molecular flexibility index (Phi) is 3.78. The molecular weight excluding hydrogens is 240 g/mol. The van der Waals surface area contributed by atoms with Crippen LogP contribution in [0.4, 0.5) is 11.4 Å². The van der Waals surface area contributed by atoms with Crippen LogP contribution in [0.2, 0.25) is 0 Å². The molecule has 1 unspecified atom stereocenters.